The Labute approximate surface area is 245 Å². The zero-order chi connectivity index (χ0) is 30.6. The Kier molecular flexibility index (Phi) is 12.1. The number of aromatic nitrogens is 1. The van der Waals surface area contributed by atoms with E-state index in [2.05, 4.69) is 20.9 Å². The molecular weight excluding hydrogens is 536 g/mol. The highest BCUT2D eigenvalue weighted by Gasteiger charge is 2.31. The first-order valence-corrected chi connectivity index (χ1v) is 14.3. The van der Waals surface area contributed by atoms with Crippen LogP contribution < -0.4 is 27.4 Å². The van der Waals surface area contributed by atoms with Gasteiger partial charge in [0.1, 0.15) is 18.1 Å². The molecule has 1 aromatic heterocycles. The summed E-state index contributed by atoms with van der Waals surface area (Å²) in [6, 6.07) is 12.4. The molecule has 0 aliphatic carbocycles. The fourth-order valence-corrected chi connectivity index (χ4v) is 4.66. The smallest absolute Gasteiger partial charge is 0.326 e. The first kappa shape index (κ1) is 32.3. The molecule has 0 saturated heterocycles. The summed E-state index contributed by atoms with van der Waals surface area (Å²) < 4.78 is 0. The zero-order valence-electron chi connectivity index (χ0n) is 24.1. The van der Waals surface area contributed by atoms with E-state index in [1.54, 1.807) is 30.5 Å². The highest BCUT2D eigenvalue weighted by Crippen LogP contribution is 2.19. The molecule has 2 aromatic carbocycles. The molecule has 11 nitrogen and oxygen atoms in total. The molecule has 0 spiro atoms. The number of carboxylic acid groups (broad SMARTS) is 1. The summed E-state index contributed by atoms with van der Waals surface area (Å²) in [7, 11) is 0. The van der Waals surface area contributed by atoms with Gasteiger partial charge in [-0.3, -0.25) is 14.4 Å². The maximum Gasteiger partial charge on any atom is 0.326 e. The SMILES string of the molecule is CC(C)C(N)C(=O)NC(CCCCN)C(=O)NC(Cc1c[nH]c2ccccc12)C(=O)NC(Cc1ccccc1)C(=O)O. The van der Waals surface area contributed by atoms with Crippen molar-refractivity contribution in [1.82, 2.24) is 20.9 Å². The van der Waals surface area contributed by atoms with Crippen molar-refractivity contribution in [3.8, 4) is 0 Å². The number of aromatic amines is 1. The molecule has 11 heteroatoms. The van der Waals surface area contributed by atoms with Crippen LogP contribution in [0.1, 0.15) is 44.2 Å². The summed E-state index contributed by atoms with van der Waals surface area (Å²) in [5, 5.41) is 18.9. The summed E-state index contributed by atoms with van der Waals surface area (Å²) in [6.07, 6.45) is 3.44. The summed E-state index contributed by atoms with van der Waals surface area (Å²) in [5.41, 5.74) is 14.0. The van der Waals surface area contributed by atoms with Crippen LogP contribution in [0.4, 0.5) is 0 Å². The van der Waals surface area contributed by atoms with E-state index in [4.69, 9.17) is 11.5 Å². The molecule has 0 aliphatic heterocycles. The van der Waals surface area contributed by atoms with Crippen molar-refractivity contribution in [2.45, 2.75) is 70.1 Å². The number of amides is 3. The molecule has 4 unspecified atom stereocenters. The van der Waals surface area contributed by atoms with Crippen molar-refractivity contribution >= 4 is 34.6 Å². The third kappa shape index (κ3) is 9.15. The fraction of sp³-hybridized carbons (Fsp3) is 0.419. The largest absolute Gasteiger partial charge is 0.480 e. The molecule has 226 valence electrons. The second-order valence-electron chi connectivity index (χ2n) is 10.8. The van der Waals surface area contributed by atoms with Gasteiger partial charge in [0.05, 0.1) is 6.04 Å². The van der Waals surface area contributed by atoms with Gasteiger partial charge in [0, 0.05) is 29.9 Å². The molecule has 0 saturated carbocycles. The van der Waals surface area contributed by atoms with Gasteiger partial charge in [0.2, 0.25) is 17.7 Å². The number of hydrogen-bond donors (Lipinski definition) is 7. The summed E-state index contributed by atoms with van der Waals surface area (Å²) >= 11 is 0. The number of unbranched alkanes of at least 4 members (excludes halogenated alkanes) is 1. The van der Waals surface area contributed by atoms with Crippen molar-refractivity contribution in [2.75, 3.05) is 6.54 Å². The number of carbonyl (C=O) groups is 4. The first-order chi connectivity index (χ1) is 20.1. The van der Waals surface area contributed by atoms with Gasteiger partial charge in [0.25, 0.3) is 0 Å². The van der Waals surface area contributed by atoms with Gasteiger partial charge >= 0.3 is 5.97 Å². The average Bonchev–Trinajstić information content (AvgIpc) is 3.38. The third-order valence-electron chi connectivity index (χ3n) is 7.23. The number of aliphatic carboxylic acids is 1. The molecular formula is C31H42N6O5. The molecule has 3 rings (SSSR count). The number of nitrogens with two attached hydrogens (primary N) is 2. The van der Waals surface area contributed by atoms with Crippen LogP contribution >= 0.6 is 0 Å². The third-order valence-corrected chi connectivity index (χ3v) is 7.23. The number of hydrogen-bond acceptors (Lipinski definition) is 6. The second-order valence-corrected chi connectivity index (χ2v) is 10.8. The van der Waals surface area contributed by atoms with Crippen molar-refractivity contribution < 1.29 is 24.3 Å². The number of benzene rings is 2. The quantitative estimate of drug-likeness (QED) is 0.125. The van der Waals surface area contributed by atoms with E-state index in [1.807, 2.05) is 44.2 Å². The van der Waals surface area contributed by atoms with E-state index in [9.17, 15) is 24.3 Å². The van der Waals surface area contributed by atoms with Gasteiger partial charge in [-0.1, -0.05) is 62.4 Å². The minimum absolute atomic E-state index is 0.0700. The van der Waals surface area contributed by atoms with E-state index < -0.39 is 47.9 Å². The van der Waals surface area contributed by atoms with Crippen LogP contribution in [0.25, 0.3) is 10.9 Å². The predicted octanol–water partition coefficient (Wildman–Crippen LogP) is 1.60. The number of para-hydroxylation sites is 1. The maximum atomic E-state index is 13.6. The van der Waals surface area contributed by atoms with Crippen LogP contribution in [0.15, 0.2) is 60.8 Å². The van der Waals surface area contributed by atoms with Crippen LogP contribution in [0.5, 0.6) is 0 Å². The van der Waals surface area contributed by atoms with Gasteiger partial charge in [-0.2, -0.15) is 0 Å². The van der Waals surface area contributed by atoms with E-state index in [0.717, 1.165) is 22.0 Å². The fourth-order valence-electron chi connectivity index (χ4n) is 4.66. The lowest BCUT2D eigenvalue weighted by molar-refractivity contribution is -0.142. The molecule has 3 aromatic rings. The highest BCUT2D eigenvalue weighted by atomic mass is 16.4. The molecule has 42 heavy (non-hydrogen) atoms. The Bertz CT molecular complexity index is 1340. The Morgan fingerprint density at radius 3 is 2.10 bits per heavy atom. The molecule has 3 amide bonds. The van der Waals surface area contributed by atoms with Crippen LogP contribution in [0, 0.1) is 5.92 Å². The maximum absolute atomic E-state index is 13.6. The van der Waals surface area contributed by atoms with Gasteiger partial charge in [-0.05, 0) is 48.9 Å². The van der Waals surface area contributed by atoms with Crippen LogP contribution in [-0.4, -0.2) is 64.5 Å². The monoisotopic (exact) mass is 578 g/mol. The normalized spacial score (nSPS) is 14.1. The molecule has 9 N–H and O–H groups in total. The van der Waals surface area contributed by atoms with E-state index in [0.29, 0.717) is 25.8 Å². The molecule has 0 bridgehead atoms. The predicted molar refractivity (Wildman–Crippen MR) is 161 cm³/mol. The number of carbonyl (C=O) groups excluding carboxylic acids is 3. The number of rotatable bonds is 16. The Balaban J connectivity index is 1.86. The Morgan fingerprint density at radius 2 is 1.43 bits per heavy atom. The number of carboxylic acids is 1. The highest BCUT2D eigenvalue weighted by molar-refractivity contribution is 5.95. The Hall–Kier alpha value is -4.22. The van der Waals surface area contributed by atoms with Crippen molar-refractivity contribution in [1.29, 1.82) is 0 Å². The average molecular weight is 579 g/mol. The second kappa shape index (κ2) is 15.7. The molecule has 1 heterocycles. The summed E-state index contributed by atoms with van der Waals surface area (Å²) in [6.45, 7) is 4.05. The van der Waals surface area contributed by atoms with E-state index >= 15 is 0 Å². The van der Waals surface area contributed by atoms with Gasteiger partial charge < -0.3 is 37.5 Å². The molecule has 0 radical (unpaired) electrons. The van der Waals surface area contributed by atoms with Crippen LogP contribution in [0.2, 0.25) is 0 Å². The van der Waals surface area contributed by atoms with Gasteiger partial charge in [-0.25, -0.2) is 4.79 Å². The Morgan fingerprint density at radius 1 is 0.810 bits per heavy atom. The van der Waals surface area contributed by atoms with Crippen molar-refractivity contribution in [3.63, 3.8) is 0 Å². The van der Waals surface area contributed by atoms with E-state index in [1.165, 1.54) is 0 Å². The summed E-state index contributed by atoms with van der Waals surface area (Å²) in [4.78, 5) is 55.2. The minimum atomic E-state index is -1.22. The molecule has 0 fully saturated rings. The lowest BCUT2D eigenvalue weighted by Crippen LogP contribution is -2.58. The lowest BCUT2D eigenvalue weighted by atomic mass is 10.0. The summed E-state index contributed by atoms with van der Waals surface area (Å²) in [5.74, 6) is -3.02. The van der Waals surface area contributed by atoms with Crippen molar-refractivity contribution in [3.05, 3.63) is 71.9 Å². The topological polar surface area (TPSA) is 192 Å². The van der Waals surface area contributed by atoms with Crippen molar-refractivity contribution in [2.24, 2.45) is 17.4 Å². The van der Waals surface area contributed by atoms with Gasteiger partial charge in [0.15, 0.2) is 0 Å². The zero-order valence-corrected chi connectivity index (χ0v) is 24.1. The minimum Gasteiger partial charge on any atom is -0.480 e. The first-order valence-electron chi connectivity index (χ1n) is 14.3. The van der Waals surface area contributed by atoms with Crippen LogP contribution in [0.3, 0.4) is 0 Å². The van der Waals surface area contributed by atoms with Gasteiger partial charge in [-0.15, -0.1) is 0 Å². The standard InChI is InChI=1S/C31H42N6O5/c1-19(2)27(33)30(40)35-24(14-8-9-15-32)28(38)36-25(17-21-18-34-23-13-7-6-12-22(21)23)29(39)37-26(31(41)42)16-20-10-4-3-5-11-20/h3-7,10-13,18-19,24-27,34H,8-9,14-17,32-33H2,1-2H3,(H,35,40)(H,36,38)(H,37,39)(H,41,42). The molecule has 4 atom stereocenters. The number of H-pyrrole nitrogens is 1. The number of fused-ring (bicyclic) bond motifs is 1. The lowest BCUT2D eigenvalue weighted by Gasteiger charge is -2.26. The number of nitrogens with one attached hydrogen (secondary N) is 4. The van der Waals surface area contributed by atoms with Crippen LogP contribution in [-0.2, 0) is 32.0 Å². The van der Waals surface area contributed by atoms with E-state index in [-0.39, 0.29) is 18.8 Å². The molecule has 0 aliphatic rings.